The molecule has 0 saturated carbocycles. The highest BCUT2D eigenvalue weighted by atomic mass is 79.9. The Morgan fingerprint density at radius 3 is 2.71 bits per heavy atom. The number of likely N-dealkylation sites (tertiary alicyclic amines) is 1. The second kappa shape index (κ2) is 7.51. The number of carbonyl (C=O) groups excluding carboxylic acids is 2. The third-order valence-corrected chi connectivity index (χ3v) is 4.24. The Balaban J connectivity index is 1.97. The van der Waals surface area contributed by atoms with Gasteiger partial charge in [-0.1, -0.05) is 0 Å². The number of hydrogen-bond acceptors (Lipinski definition) is 3. The van der Waals surface area contributed by atoms with Gasteiger partial charge < -0.3 is 15.0 Å². The van der Waals surface area contributed by atoms with E-state index in [1.807, 2.05) is 20.8 Å². The van der Waals surface area contributed by atoms with Crippen molar-refractivity contribution in [1.82, 2.24) is 10.2 Å². The minimum absolute atomic E-state index is 0.157. The Morgan fingerprint density at radius 1 is 1.38 bits per heavy atom. The topological polar surface area (TPSA) is 58.6 Å². The number of amides is 2. The summed E-state index contributed by atoms with van der Waals surface area (Å²) in [7, 11) is 0. The van der Waals surface area contributed by atoms with E-state index in [-0.39, 0.29) is 18.0 Å². The van der Waals surface area contributed by atoms with Crippen LogP contribution in [0.4, 0.5) is 9.18 Å². The Labute approximate surface area is 149 Å². The third-order valence-electron chi connectivity index (χ3n) is 3.58. The van der Waals surface area contributed by atoms with Crippen molar-refractivity contribution in [2.45, 2.75) is 45.3 Å². The first-order valence-corrected chi connectivity index (χ1v) is 8.69. The first kappa shape index (κ1) is 18.7. The van der Waals surface area contributed by atoms with Crippen molar-refractivity contribution in [1.29, 1.82) is 0 Å². The average molecular weight is 401 g/mol. The van der Waals surface area contributed by atoms with Gasteiger partial charge in [0.25, 0.3) is 5.91 Å². The monoisotopic (exact) mass is 400 g/mol. The molecule has 5 nitrogen and oxygen atoms in total. The molecule has 1 atom stereocenters. The normalized spacial score (nSPS) is 18.2. The summed E-state index contributed by atoms with van der Waals surface area (Å²) < 4.78 is 18.9. The highest BCUT2D eigenvalue weighted by molar-refractivity contribution is 9.10. The molecular formula is C17H22BrFN2O3. The maximum Gasteiger partial charge on any atom is 0.410 e. The molecule has 0 aromatic heterocycles. The van der Waals surface area contributed by atoms with Gasteiger partial charge in [-0.05, 0) is 67.7 Å². The van der Waals surface area contributed by atoms with Crippen LogP contribution in [0, 0.1) is 5.82 Å². The maximum atomic E-state index is 13.1. The lowest BCUT2D eigenvalue weighted by atomic mass is 10.1. The molecule has 0 radical (unpaired) electrons. The number of piperidine rings is 1. The predicted octanol–water partition coefficient (Wildman–Crippen LogP) is 3.72. The number of nitrogens with one attached hydrogen (secondary N) is 1. The molecule has 1 fully saturated rings. The summed E-state index contributed by atoms with van der Waals surface area (Å²) in [4.78, 5) is 26.1. The van der Waals surface area contributed by atoms with E-state index in [1.165, 1.54) is 18.2 Å². The van der Waals surface area contributed by atoms with Gasteiger partial charge in [0.1, 0.15) is 11.4 Å². The third kappa shape index (κ3) is 5.19. The van der Waals surface area contributed by atoms with Gasteiger partial charge in [-0.3, -0.25) is 4.79 Å². The molecule has 24 heavy (non-hydrogen) atoms. The van der Waals surface area contributed by atoms with Crippen molar-refractivity contribution in [3.8, 4) is 0 Å². The number of hydrogen-bond donors (Lipinski definition) is 1. The van der Waals surface area contributed by atoms with Crippen molar-refractivity contribution in [3.05, 3.63) is 34.1 Å². The fourth-order valence-corrected chi connectivity index (χ4v) is 3.05. The number of benzene rings is 1. The second-order valence-electron chi connectivity index (χ2n) is 6.86. The first-order valence-electron chi connectivity index (χ1n) is 7.89. The standard InChI is InChI=1S/C17H22BrFN2O3/c1-17(2,3)24-16(23)21-8-4-5-12(10-21)20-15(22)13-7-6-11(19)9-14(13)18/h6-7,9,12H,4-5,8,10H2,1-3H3,(H,20,22)/t12-/m1/s1. The Hall–Kier alpha value is -1.63. The molecule has 1 aliphatic heterocycles. The van der Waals surface area contributed by atoms with Crippen molar-refractivity contribution in [2.75, 3.05) is 13.1 Å². The van der Waals surface area contributed by atoms with E-state index in [0.717, 1.165) is 12.8 Å². The SMILES string of the molecule is CC(C)(C)OC(=O)N1CCC[C@@H](NC(=O)c2ccc(F)cc2Br)C1. The van der Waals surface area contributed by atoms with Gasteiger partial charge in [0.2, 0.25) is 0 Å². The highest BCUT2D eigenvalue weighted by Gasteiger charge is 2.28. The molecule has 1 heterocycles. The number of carbonyl (C=O) groups is 2. The molecule has 0 unspecified atom stereocenters. The molecule has 0 aliphatic carbocycles. The van der Waals surface area contributed by atoms with E-state index in [2.05, 4.69) is 21.2 Å². The van der Waals surface area contributed by atoms with Crippen LogP contribution in [0.3, 0.4) is 0 Å². The quantitative estimate of drug-likeness (QED) is 0.822. The van der Waals surface area contributed by atoms with E-state index in [1.54, 1.807) is 4.90 Å². The van der Waals surface area contributed by atoms with Crippen LogP contribution >= 0.6 is 15.9 Å². The van der Waals surface area contributed by atoms with Crippen LogP contribution in [0.25, 0.3) is 0 Å². The zero-order valence-electron chi connectivity index (χ0n) is 14.1. The summed E-state index contributed by atoms with van der Waals surface area (Å²) in [6.45, 7) is 6.47. The maximum absolute atomic E-state index is 13.1. The summed E-state index contributed by atoms with van der Waals surface area (Å²) in [6.07, 6.45) is 1.20. The van der Waals surface area contributed by atoms with E-state index >= 15 is 0 Å². The lowest BCUT2D eigenvalue weighted by molar-refractivity contribution is 0.0185. The lowest BCUT2D eigenvalue weighted by Gasteiger charge is -2.34. The summed E-state index contributed by atoms with van der Waals surface area (Å²) >= 11 is 3.20. The Morgan fingerprint density at radius 2 is 2.08 bits per heavy atom. The molecule has 2 rings (SSSR count). The molecule has 1 saturated heterocycles. The molecule has 1 aliphatic rings. The summed E-state index contributed by atoms with van der Waals surface area (Å²) in [5.41, 5.74) is -0.183. The van der Waals surface area contributed by atoms with Crippen LogP contribution in [0.15, 0.2) is 22.7 Å². The summed E-state index contributed by atoms with van der Waals surface area (Å²) in [6, 6.07) is 3.77. The van der Waals surface area contributed by atoms with Crippen LogP contribution in [0.1, 0.15) is 44.0 Å². The summed E-state index contributed by atoms with van der Waals surface area (Å²) in [5.74, 6) is -0.704. The molecular weight excluding hydrogens is 379 g/mol. The predicted molar refractivity (Wildman–Crippen MR) is 92.4 cm³/mol. The Bertz CT molecular complexity index is 631. The van der Waals surface area contributed by atoms with Gasteiger partial charge in [0, 0.05) is 23.6 Å². The Kier molecular flexibility index (Phi) is 5.85. The zero-order chi connectivity index (χ0) is 17.9. The van der Waals surface area contributed by atoms with E-state index < -0.39 is 11.4 Å². The number of nitrogens with zero attached hydrogens (tertiary/aromatic N) is 1. The highest BCUT2D eigenvalue weighted by Crippen LogP contribution is 2.19. The minimum atomic E-state index is -0.549. The minimum Gasteiger partial charge on any atom is -0.444 e. The largest absolute Gasteiger partial charge is 0.444 e. The van der Waals surface area contributed by atoms with Gasteiger partial charge in [0.15, 0.2) is 0 Å². The van der Waals surface area contributed by atoms with E-state index in [9.17, 15) is 14.0 Å². The zero-order valence-corrected chi connectivity index (χ0v) is 15.7. The van der Waals surface area contributed by atoms with Crippen LogP contribution in [0.2, 0.25) is 0 Å². The molecule has 0 spiro atoms. The summed E-state index contributed by atoms with van der Waals surface area (Å²) in [5, 5.41) is 2.90. The van der Waals surface area contributed by atoms with Gasteiger partial charge in [-0.2, -0.15) is 0 Å². The van der Waals surface area contributed by atoms with Crippen molar-refractivity contribution >= 4 is 27.9 Å². The average Bonchev–Trinajstić information content (AvgIpc) is 2.45. The van der Waals surface area contributed by atoms with Crippen LogP contribution in [0.5, 0.6) is 0 Å². The molecule has 0 bridgehead atoms. The molecule has 7 heteroatoms. The fourth-order valence-electron chi connectivity index (χ4n) is 2.52. The van der Waals surface area contributed by atoms with E-state index in [0.29, 0.717) is 23.1 Å². The van der Waals surface area contributed by atoms with Crippen molar-refractivity contribution < 1.29 is 18.7 Å². The molecule has 1 N–H and O–H groups in total. The van der Waals surface area contributed by atoms with Crippen LogP contribution in [-0.2, 0) is 4.74 Å². The molecule has 1 aromatic carbocycles. The van der Waals surface area contributed by atoms with Gasteiger partial charge in [-0.25, -0.2) is 9.18 Å². The van der Waals surface area contributed by atoms with Gasteiger partial charge in [0.05, 0.1) is 5.56 Å². The molecule has 132 valence electrons. The first-order chi connectivity index (χ1) is 11.2. The fraction of sp³-hybridized carbons (Fsp3) is 0.529. The van der Waals surface area contributed by atoms with Gasteiger partial charge >= 0.3 is 6.09 Å². The number of ether oxygens (including phenoxy) is 1. The van der Waals surface area contributed by atoms with Crippen molar-refractivity contribution in [2.24, 2.45) is 0 Å². The van der Waals surface area contributed by atoms with Crippen LogP contribution < -0.4 is 5.32 Å². The van der Waals surface area contributed by atoms with E-state index in [4.69, 9.17) is 4.74 Å². The second-order valence-corrected chi connectivity index (χ2v) is 7.72. The van der Waals surface area contributed by atoms with Gasteiger partial charge in [-0.15, -0.1) is 0 Å². The smallest absolute Gasteiger partial charge is 0.410 e. The van der Waals surface area contributed by atoms with Crippen molar-refractivity contribution in [3.63, 3.8) is 0 Å². The van der Waals surface area contributed by atoms with Crippen LogP contribution in [-0.4, -0.2) is 41.6 Å². The molecule has 1 aromatic rings. The molecule has 2 amide bonds. The number of halogens is 2. The number of rotatable bonds is 2. The lowest BCUT2D eigenvalue weighted by Crippen LogP contribution is -2.50.